The van der Waals surface area contributed by atoms with Gasteiger partial charge >= 0.3 is 0 Å². The highest BCUT2D eigenvalue weighted by atomic mass is 19.1. The van der Waals surface area contributed by atoms with Gasteiger partial charge in [-0.25, -0.2) is 4.39 Å². The normalized spacial score (nSPS) is 10.0. The largest absolute Gasteiger partial charge is 0.376 e. The minimum atomic E-state index is -0.423. The van der Waals surface area contributed by atoms with E-state index in [4.69, 9.17) is 0 Å². The van der Waals surface area contributed by atoms with E-state index < -0.39 is 5.82 Å². The summed E-state index contributed by atoms with van der Waals surface area (Å²) in [6.07, 6.45) is 0. The van der Waals surface area contributed by atoms with Gasteiger partial charge in [0.15, 0.2) is 0 Å². The molecule has 0 bridgehead atoms. The minimum Gasteiger partial charge on any atom is -0.376 e. The third-order valence-corrected chi connectivity index (χ3v) is 2.63. The van der Waals surface area contributed by atoms with Gasteiger partial charge in [-0.3, -0.25) is 4.79 Å². The molecule has 19 heavy (non-hydrogen) atoms. The molecule has 2 rings (SSSR count). The number of amides is 1. The van der Waals surface area contributed by atoms with Gasteiger partial charge in [-0.15, -0.1) is 0 Å². The molecule has 0 atom stereocenters. The summed E-state index contributed by atoms with van der Waals surface area (Å²) < 4.78 is 13.5. The number of benzene rings is 2. The topological polar surface area (TPSA) is 41.1 Å². The fourth-order valence-corrected chi connectivity index (χ4v) is 1.65. The van der Waals surface area contributed by atoms with E-state index in [1.165, 1.54) is 6.07 Å². The molecule has 2 aromatic carbocycles. The number of nitrogens with one attached hydrogen (secondary N) is 2. The summed E-state index contributed by atoms with van der Waals surface area (Å²) in [6.45, 7) is 1.89. The molecule has 0 aliphatic carbocycles. The molecule has 3 nitrogen and oxygen atoms in total. The lowest BCUT2D eigenvalue weighted by atomic mass is 10.2. The predicted octanol–water partition coefficient (Wildman–Crippen LogP) is 3.18. The van der Waals surface area contributed by atoms with E-state index in [2.05, 4.69) is 10.6 Å². The summed E-state index contributed by atoms with van der Waals surface area (Å²) in [5, 5.41) is 5.49. The van der Waals surface area contributed by atoms with Gasteiger partial charge in [-0.2, -0.15) is 0 Å². The number of carbonyl (C=O) groups excluding carboxylic acids is 1. The quantitative estimate of drug-likeness (QED) is 0.884. The summed E-state index contributed by atoms with van der Waals surface area (Å²) in [5.41, 5.74) is 1.87. The Bertz CT molecular complexity index is 570. The maximum atomic E-state index is 13.5. The average Bonchev–Trinajstić information content (AvgIpc) is 2.41. The molecule has 0 spiro atoms. The summed E-state index contributed by atoms with van der Waals surface area (Å²) in [4.78, 5) is 11.7. The molecule has 0 heterocycles. The molecule has 0 radical (unpaired) electrons. The number of anilines is 2. The SMILES string of the molecule is Cc1ccc(NC(=O)CNc2ccccc2)c(F)c1. The zero-order valence-corrected chi connectivity index (χ0v) is 10.6. The lowest BCUT2D eigenvalue weighted by molar-refractivity contribution is -0.114. The van der Waals surface area contributed by atoms with E-state index in [1.54, 1.807) is 19.1 Å². The van der Waals surface area contributed by atoms with Crippen molar-refractivity contribution in [1.29, 1.82) is 0 Å². The molecule has 0 fully saturated rings. The maximum Gasteiger partial charge on any atom is 0.243 e. The molecule has 0 unspecified atom stereocenters. The zero-order chi connectivity index (χ0) is 13.7. The Balaban J connectivity index is 1.91. The molecule has 1 amide bonds. The van der Waals surface area contributed by atoms with Gasteiger partial charge in [0.2, 0.25) is 5.91 Å². The number of aryl methyl sites for hydroxylation is 1. The maximum absolute atomic E-state index is 13.5. The van der Waals surface area contributed by atoms with E-state index in [0.717, 1.165) is 11.3 Å². The van der Waals surface area contributed by atoms with Crippen LogP contribution in [0.4, 0.5) is 15.8 Å². The van der Waals surface area contributed by atoms with Crippen LogP contribution in [0.25, 0.3) is 0 Å². The van der Waals surface area contributed by atoms with Crippen LogP contribution in [0, 0.1) is 12.7 Å². The van der Waals surface area contributed by atoms with E-state index >= 15 is 0 Å². The van der Waals surface area contributed by atoms with Crippen LogP contribution in [0.3, 0.4) is 0 Å². The van der Waals surface area contributed by atoms with Crippen LogP contribution in [0.1, 0.15) is 5.56 Å². The van der Waals surface area contributed by atoms with Crippen molar-refractivity contribution in [2.24, 2.45) is 0 Å². The first-order chi connectivity index (χ1) is 9.15. The highest BCUT2D eigenvalue weighted by molar-refractivity contribution is 5.93. The van der Waals surface area contributed by atoms with Gasteiger partial charge in [-0.1, -0.05) is 24.3 Å². The molecule has 98 valence electrons. The number of para-hydroxylation sites is 1. The summed E-state index contributed by atoms with van der Waals surface area (Å²) >= 11 is 0. The fraction of sp³-hybridized carbons (Fsp3) is 0.133. The number of halogens is 1. The summed E-state index contributed by atoms with van der Waals surface area (Å²) in [6, 6.07) is 14.1. The molecule has 0 saturated heterocycles. The van der Waals surface area contributed by atoms with Crippen molar-refractivity contribution in [2.75, 3.05) is 17.2 Å². The first-order valence-corrected chi connectivity index (χ1v) is 6.00. The number of rotatable bonds is 4. The molecule has 2 N–H and O–H groups in total. The van der Waals surface area contributed by atoms with Crippen LogP contribution < -0.4 is 10.6 Å². The van der Waals surface area contributed by atoms with Crippen LogP contribution in [-0.2, 0) is 4.79 Å². The summed E-state index contributed by atoms with van der Waals surface area (Å²) in [5.74, 6) is -0.709. The minimum absolute atomic E-state index is 0.0946. The third kappa shape index (κ3) is 3.81. The molecule has 0 aliphatic heterocycles. The average molecular weight is 258 g/mol. The number of carbonyl (C=O) groups is 1. The Morgan fingerprint density at radius 1 is 1.16 bits per heavy atom. The number of hydrogen-bond acceptors (Lipinski definition) is 2. The second-order valence-electron chi connectivity index (χ2n) is 4.25. The molecular formula is C15H15FN2O. The van der Waals surface area contributed by atoms with Crippen molar-refractivity contribution in [3.05, 3.63) is 59.9 Å². The highest BCUT2D eigenvalue weighted by Crippen LogP contribution is 2.15. The first kappa shape index (κ1) is 13.1. The third-order valence-electron chi connectivity index (χ3n) is 2.63. The molecule has 0 saturated carbocycles. The Morgan fingerprint density at radius 3 is 2.58 bits per heavy atom. The first-order valence-electron chi connectivity index (χ1n) is 6.00. The lowest BCUT2D eigenvalue weighted by Gasteiger charge is -2.08. The Morgan fingerprint density at radius 2 is 1.89 bits per heavy atom. The Hall–Kier alpha value is -2.36. The van der Waals surface area contributed by atoms with Crippen LogP contribution in [0.5, 0.6) is 0 Å². The Labute approximate surface area is 111 Å². The van der Waals surface area contributed by atoms with Crippen LogP contribution >= 0.6 is 0 Å². The van der Waals surface area contributed by atoms with Gasteiger partial charge in [-0.05, 0) is 36.8 Å². The van der Waals surface area contributed by atoms with Crippen molar-refractivity contribution in [2.45, 2.75) is 6.92 Å². The van der Waals surface area contributed by atoms with Crippen molar-refractivity contribution in [1.82, 2.24) is 0 Å². The summed E-state index contributed by atoms with van der Waals surface area (Å²) in [7, 11) is 0. The lowest BCUT2D eigenvalue weighted by Crippen LogP contribution is -2.22. The van der Waals surface area contributed by atoms with Gasteiger partial charge in [0.1, 0.15) is 5.82 Å². The monoisotopic (exact) mass is 258 g/mol. The van der Waals surface area contributed by atoms with E-state index in [0.29, 0.717) is 0 Å². The second-order valence-corrected chi connectivity index (χ2v) is 4.25. The van der Waals surface area contributed by atoms with E-state index in [9.17, 15) is 9.18 Å². The van der Waals surface area contributed by atoms with Gasteiger partial charge in [0, 0.05) is 5.69 Å². The van der Waals surface area contributed by atoms with Crippen LogP contribution in [-0.4, -0.2) is 12.5 Å². The Kier molecular flexibility index (Phi) is 4.13. The fourth-order valence-electron chi connectivity index (χ4n) is 1.65. The smallest absolute Gasteiger partial charge is 0.243 e. The van der Waals surface area contributed by atoms with E-state index in [-0.39, 0.29) is 18.1 Å². The molecule has 0 aliphatic rings. The number of hydrogen-bond donors (Lipinski definition) is 2. The van der Waals surface area contributed by atoms with Crippen molar-refractivity contribution < 1.29 is 9.18 Å². The molecule has 4 heteroatoms. The van der Waals surface area contributed by atoms with Gasteiger partial charge in [0.25, 0.3) is 0 Å². The highest BCUT2D eigenvalue weighted by Gasteiger charge is 2.06. The van der Waals surface area contributed by atoms with Crippen molar-refractivity contribution in [3.8, 4) is 0 Å². The van der Waals surface area contributed by atoms with E-state index in [1.807, 2.05) is 30.3 Å². The standard InChI is InChI=1S/C15H15FN2O/c1-11-7-8-14(13(16)9-11)18-15(19)10-17-12-5-3-2-4-6-12/h2-9,17H,10H2,1H3,(H,18,19). The molecular weight excluding hydrogens is 243 g/mol. The second kappa shape index (κ2) is 6.00. The van der Waals surface area contributed by atoms with Crippen molar-refractivity contribution >= 4 is 17.3 Å². The molecule has 0 aromatic heterocycles. The van der Waals surface area contributed by atoms with Crippen LogP contribution in [0.15, 0.2) is 48.5 Å². The predicted molar refractivity (Wildman–Crippen MR) is 74.7 cm³/mol. The molecule has 2 aromatic rings. The van der Waals surface area contributed by atoms with Crippen LogP contribution in [0.2, 0.25) is 0 Å². The van der Waals surface area contributed by atoms with Crippen molar-refractivity contribution in [3.63, 3.8) is 0 Å². The zero-order valence-electron chi connectivity index (χ0n) is 10.6. The van der Waals surface area contributed by atoms with Gasteiger partial charge in [0.05, 0.1) is 12.2 Å². The van der Waals surface area contributed by atoms with Gasteiger partial charge < -0.3 is 10.6 Å².